The molecule has 66 valence electrons. The van der Waals surface area contributed by atoms with E-state index in [1.54, 1.807) is 6.26 Å². The van der Waals surface area contributed by atoms with Crippen molar-refractivity contribution in [3.63, 3.8) is 0 Å². The second-order valence-electron chi connectivity index (χ2n) is 2.82. The van der Waals surface area contributed by atoms with Gasteiger partial charge in [-0.25, -0.2) is 0 Å². The molecule has 0 aliphatic rings. The molecule has 2 rings (SSSR count). The smallest absolute Gasteiger partial charge is 0.221 e. The van der Waals surface area contributed by atoms with Crippen LogP contribution in [-0.2, 0) is 4.79 Å². The molecule has 13 heavy (non-hydrogen) atoms. The van der Waals surface area contributed by atoms with Crippen molar-refractivity contribution in [1.29, 1.82) is 0 Å². The van der Waals surface area contributed by atoms with E-state index in [1.165, 1.54) is 6.92 Å². The summed E-state index contributed by atoms with van der Waals surface area (Å²) >= 11 is 0. The van der Waals surface area contributed by atoms with Crippen molar-refractivity contribution in [3.05, 3.63) is 30.5 Å². The molecular formula is C10H9NO2. The number of hydrogen-bond acceptors (Lipinski definition) is 2. The van der Waals surface area contributed by atoms with Gasteiger partial charge in [0.05, 0.1) is 12.0 Å². The summed E-state index contributed by atoms with van der Waals surface area (Å²) in [5, 5.41) is 3.66. The third kappa shape index (κ3) is 1.40. The highest BCUT2D eigenvalue weighted by Gasteiger charge is 2.03. The fourth-order valence-electron chi connectivity index (χ4n) is 1.29. The summed E-state index contributed by atoms with van der Waals surface area (Å²) < 4.78 is 5.19. The van der Waals surface area contributed by atoms with Crippen molar-refractivity contribution in [3.8, 4) is 0 Å². The molecular weight excluding hydrogens is 166 g/mol. The van der Waals surface area contributed by atoms with Crippen LogP contribution in [0.2, 0.25) is 0 Å². The zero-order valence-electron chi connectivity index (χ0n) is 7.20. The standard InChI is InChI=1S/C10H9NO2/c1-7(12)11-9-3-2-4-10-8(9)5-6-13-10/h2-6H,1H3,(H,11,12). The monoisotopic (exact) mass is 175 g/mol. The van der Waals surface area contributed by atoms with E-state index < -0.39 is 0 Å². The van der Waals surface area contributed by atoms with Gasteiger partial charge < -0.3 is 9.73 Å². The molecule has 0 spiro atoms. The van der Waals surface area contributed by atoms with E-state index in [2.05, 4.69) is 5.32 Å². The molecule has 0 radical (unpaired) electrons. The largest absolute Gasteiger partial charge is 0.464 e. The van der Waals surface area contributed by atoms with E-state index in [0.717, 1.165) is 16.7 Å². The molecule has 1 aromatic carbocycles. The molecule has 1 heterocycles. The van der Waals surface area contributed by atoms with Crippen LogP contribution >= 0.6 is 0 Å². The Morgan fingerprint density at radius 1 is 1.38 bits per heavy atom. The minimum Gasteiger partial charge on any atom is -0.464 e. The van der Waals surface area contributed by atoms with Crippen molar-refractivity contribution < 1.29 is 9.21 Å². The number of benzene rings is 1. The Morgan fingerprint density at radius 2 is 2.23 bits per heavy atom. The maximum Gasteiger partial charge on any atom is 0.221 e. The lowest BCUT2D eigenvalue weighted by Crippen LogP contribution is -2.05. The van der Waals surface area contributed by atoms with Crippen LogP contribution in [0.1, 0.15) is 6.92 Å². The molecule has 0 saturated carbocycles. The Labute approximate surface area is 75.3 Å². The summed E-state index contributed by atoms with van der Waals surface area (Å²) in [6.45, 7) is 1.49. The van der Waals surface area contributed by atoms with E-state index in [9.17, 15) is 4.79 Å². The molecule has 3 nitrogen and oxygen atoms in total. The van der Waals surface area contributed by atoms with Crippen LogP contribution in [0.3, 0.4) is 0 Å². The van der Waals surface area contributed by atoms with Gasteiger partial charge in [-0.2, -0.15) is 0 Å². The molecule has 0 fully saturated rings. The highest BCUT2D eigenvalue weighted by atomic mass is 16.3. The number of carbonyl (C=O) groups excluding carboxylic acids is 1. The van der Waals surface area contributed by atoms with Crippen LogP contribution in [0.5, 0.6) is 0 Å². The normalized spacial score (nSPS) is 10.2. The first kappa shape index (κ1) is 7.86. The van der Waals surface area contributed by atoms with Crippen molar-refractivity contribution in [2.24, 2.45) is 0 Å². The van der Waals surface area contributed by atoms with Crippen molar-refractivity contribution >= 4 is 22.6 Å². The van der Waals surface area contributed by atoms with Crippen molar-refractivity contribution in [2.75, 3.05) is 5.32 Å². The van der Waals surface area contributed by atoms with E-state index >= 15 is 0 Å². The highest BCUT2D eigenvalue weighted by molar-refractivity contribution is 5.99. The Morgan fingerprint density at radius 3 is 3.00 bits per heavy atom. The van der Waals surface area contributed by atoms with Gasteiger partial charge in [-0.15, -0.1) is 0 Å². The number of anilines is 1. The summed E-state index contributed by atoms with van der Waals surface area (Å²) in [4.78, 5) is 10.8. The predicted octanol–water partition coefficient (Wildman–Crippen LogP) is 2.39. The minimum absolute atomic E-state index is 0.0753. The number of nitrogens with one attached hydrogen (secondary N) is 1. The SMILES string of the molecule is CC(=O)Nc1cccc2occc12. The maximum absolute atomic E-state index is 10.8. The van der Waals surface area contributed by atoms with Crippen LogP contribution < -0.4 is 5.32 Å². The average molecular weight is 175 g/mol. The maximum atomic E-state index is 10.8. The fourth-order valence-corrected chi connectivity index (χ4v) is 1.29. The van der Waals surface area contributed by atoms with Crippen LogP contribution in [0.25, 0.3) is 11.0 Å². The lowest BCUT2D eigenvalue weighted by molar-refractivity contribution is -0.114. The Hall–Kier alpha value is -1.77. The molecule has 0 bridgehead atoms. The summed E-state index contributed by atoms with van der Waals surface area (Å²) in [7, 11) is 0. The molecule has 3 heteroatoms. The topological polar surface area (TPSA) is 42.2 Å². The molecule has 1 N–H and O–H groups in total. The highest BCUT2D eigenvalue weighted by Crippen LogP contribution is 2.23. The first-order valence-electron chi connectivity index (χ1n) is 4.01. The number of furan rings is 1. The van der Waals surface area contributed by atoms with Crippen LogP contribution in [0.4, 0.5) is 5.69 Å². The van der Waals surface area contributed by atoms with E-state index in [1.807, 2.05) is 24.3 Å². The van der Waals surface area contributed by atoms with Gasteiger partial charge in [0.25, 0.3) is 0 Å². The van der Waals surface area contributed by atoms with E-state index in [4.69, 9.17) is 4.42 Å². The predicted molar refractivity (Wildman–Crippen MR) is 50.5 cm³/mol. The molecule has 2 aromatic rings. The minimum atomic E-state index is -0.0753. The Bertz CT molecular complexity index is 445. The summed E-state index contributed by atoms with van der Waals surface area (Å²) in [5.74, 6) is -0.0753. The molecule has 1 aromatic heterocycles. The first-order valence-corrected chi connectivity index (χ1v) is 4.01. The fraction of sp³-hybridized carbons (Fsp3) is 0.100. The Balaban J connectivity index is 2.54. The lowest BCUT2D eigenvalue weighted by Gasteiger charge is -2.01. The van der Waals surface area contributed by atoms with Crippen molar-refractivity contribution in [2.45, 2.75) is 6.92 Å². The second kappa shape index (κ2) is 2.94. The average Bonchev–Trinajstić information content (AvgIpc) is 2.51. The summed E-state index contributed by atoms with van der Waals surface area (Å²) in [5.41, 5.74) is 1.57. The molecule has 0 atom stereocenters. The van der Waals surface area contributed by atoms with Gasteiger partial charge >= 0.3 is 0 Å². The molecule has 0 saturated heterocycles. The van der Waals surface area contributed by atoms with E-state index in [-0.39, 0.29) is 5.91 Å². The van der Waals surface area contributed by atoms with Crippen LogP contribution in [-0.4, -0.2) is 5.91 Å². The second-order valence-corrected chi connectivity index (χ2v) is 2.82. The lowest BCUT2D eigenvalue weighted by atomic mass is 10.2. The zero-order valence-corrected chi connectivity index (χ0v) is 7.20. The number of fused-ring (bicyclic) bond motifs is 1. The quantitative estimate of drug-likeness (QED) is 0.723. The first-order chi connectivity index (χ1) is 6.27. The van der Waals surface area contributed by atoms with Gasteiger partial charge in [0, 0.05) is 12.3 Å². The van der Waals surface area contributed by atoms with Gasteiger partial charge in [-0.1, -0.05) is 6.07 Å². The molecule has 1 amide bonds. The molecule has 0 aliphatic carbocycles. The zero-order chi connectivity index (χ0) is 9.26. The van der Waals surface area contributed by atoms with Crippen LogP contribution in [0, 0.1) is 0 Å². The van der Waals surface area contributed by atoms with Crippen molar-refractivity contribution in [1.82, 2.24) is 0 Å². The number of carbonyl (C=O) groups is 1. The van der Waals surface area contributed by atoms with Gasteiger partial charge in [0.2, 0.25) is 5.91 Å². The number of amides is 1. The van der Waals surface area contributed by atoms with E-state index in [0.29, 0.717) is 0 Å². The summed E-state index contributed by atoms with van der Waals surface area (Å²) in [6, 6.07) is 7.39. The molecule has 0 aliphatic heterocycles. The van der Waals surface area contributed by atoms with Gasteiger partial charge in [-0.3, -0.25) is 4.79 Å². The number of hydrogen-bond donors (Lipinski definition) is 1. The van der Waals surface area contributed by atoms with Gasteiger partial charge in [-0.05, 0) is 18.2 Å². The summed E-state index contributed by atoms with van der Waals surface area (Å²) in [6.07, 6.45) is 1.61. The van der Waals surface area contributed by atoms with Gasteiger partial charge in [0.1, 0.15) is 5.58 Å². The third-order valence-corrected chi connectivity index (χ3v) is 1.81. The molecule has 0 unspecified atom stereocenters. The number of rotatable bonds is 1. The Kier molecular flexibility index (Phi) is 1.77. The van der Waals surface area contributed by atoms with Crippen LogP contribution in [0.15, 0.2) is 34.9 Å². The third-order valence-electron chi connectivity index (χ3n) is 1.81. The van der Waals surface area contributed by atoms with Gasteiger partial charge in [0.15, 0.2) is 0 Å².